The number of carbonyl (C=O) groups is 2. The van der Waals surface area contributed by atoms with Crippen LogP contribution in [0.2, 0.25) is 0 Å². The highest BCUT2D eigenvalue weighted by molar-refractivity contribution is 6.09. The minimum atomic E-state index is -0.764. The van der Waals surface area contributed by atoms with Crippen LogP contribution in [0.15, 0.2) is 78.9 Å². The van der Waals surface area contributed by atoms with E-state index in [0.29, 0.717) is 16.9 Å². The maximum Gasteiger partial charge on any atom is 0.255 e. The number of para-hydroxylation sites is 2. The number of halogens is 2. The number of rotatable bonds is 5. The van der Waals surface area contributed by atoms with Crippen LogP contribution in [0.5, 0.6) is 0 Å². The van der Waals surface area contributed by atoms with Gasteiger partial charge in [-0.3, -0.25) is 9.59 Å². The summed E-state index contributed by atoms with van der Waals surface area (Å²) < 4.78 is 27.3. The van der Waals surface area contributed by atoms with Gasteiger partial charge in [0.25, 0.3) is 5.91 Å². The zero-order valence-electron chi connectivity index (χ0n) is 14.7. The molecule has 0 fully saturated rings. The lowest BCUT2D eigenvalue weighted by molar-refractivity contribution is -0.111. The molecular formula is C22H16F2N2O2. The molecule has 28 heavy (non-hydrogen) atoms. The van der Waals surface area contributed by atoms with Crippen molar-refractivity contribution in [2.75, 3.05) is 10.6 Å². The highest BCUT2D eigenvalue weighted by Crippen LogP contribution is 2.22. The number of carbonyl (C=O) groups excluding carboxylic acids is 2. The Kier molecular flexibility index (Phi) is 5.91. The third kappa shape index (κ3) is 4.67. The third-order valence-corrected chi connectivity index (χ3v) is 3.87. The van der Waals surface area contributed by atoms with Crippen LogP contribution in [0.3, 0.4) is 0 Å². The molecule has 0 spiro atoms. The maximum atomic E-state index is 13.6. The number of nitrogens with one attached hydrogen (secondary N) is 2. The third-order valence-electron chi connectivity index (χ3n) is 3.87. The van der Waals surface area contributed by atoms with Crippen molar-refractivity contribution in [1.82, 2.24) is 0 Å². The lowest BCUT2D eigenvalue weighted by atomic mass is 10.2. The Morgan fingerprint density at radius 3 is 1.93 bits per heavy atom. The van der Waals surface area contributed by atoms with E-state index in [9.17, 15) is 18.4 Å². The van der Waals surface area contributed by atoms with E-state index in [0.717, 1.165) is 24.3 Å². The fourth-order valence-electron chi connectivity index (χ4n) is 2.49. The predicted octanol–water partition coefficient (Wildman–Crippen LogP) is 4.87. The molecule has 2 N–H and O–H groups in total. The van der Waals surface area contributed by atoms with Crippen molar-refractivity contribution in [3.8, 4) is 0 Å². The molecule has 4 nitrogen and oxygen atoms in total. The van der Waals surface area contributed by atoms with Crippen LogP contribution in [0.25, 0.3) is 6.08 Å². The van der Waals surface area contributed by atoms with Gasteiger partial charge in [0.2, 0.25) is 5.91 Å². The normalized spacial score (nSPS) is 10.6. The molecule has 0 aliphatic carbocycles. The first-order chi connectivity index (χ1) is 13.5. The number of amides is 2. The van der Waals surface area contributed by atoms with Crippen LogP contribution >= 0.6 is 0 Å². The molecule has 0 unspecified atom stereocenters. The first-order valence-electron chi connectivity index (χ1n) is 8.43. The summed E-state index contributed by atoms with van der Waals surface area (Å²) in [5.41, 5.74) is 0.924. The van der Waals surface area contributed by atoms with Gasteiger partial charge < -0.3 is 10.6 Å². The van der Waals surface area contributed by atoms with Gasteiger partial charge in [-0.05, 0) is 42.5 Å². The van der Waals surface area contributed by atoms with Crippen molar-refractivity contribution in [2.24, 2.45) is 0 Å². The molecule has 0 aromatic heterocycles. The molecule has 0 saturated carbocycles. The van der Waals surface area contributed by atoms with Gasteiger partial charge in [-0.2, -0.15) is 0 Å². The van der Waals surface area contributed by atoms with Crippen LogP contribution in [0, 0.1) is 11.6 Å². The summed E-state index contributed by atoms with van der Waals surface area (Å²) in [6.07, 6.45) is 2.09. The van der Waals surface area contributed by atoms with Gasteiger partial charge in [0.1, 0.15) is 11.6 Å². The van der Waals surface area contributed by atoms with Gasteiger partial charge in [0.05, 0.1) is 11.4 Å². The maximum absolute atomic E-state index is 13.6. The molecular weight excluding hydrogens is 362 g/mol. The summed E-state index contributed by atoms with van der Waals surface area (Å²) in [7, 11) is 0. The second-order valence-corrected chi connectivity index (χ2v) is 5.82. The van der Waals surface area contributed by atoms with Gasteiger partial charge in [0.15, 0.2) is 0 Å². The molecule has 0 radical (unpaired) electrons. The minimum absolute atomic E-state index is 0.302. The van der Waals surface area contributed by atoms with E-state index in [2.05, 4.69) is 10.6 Å². The largest absolute Gasteiger partial charge is 0.321 e. The summed E-state index contributed by atoms with van der Waals surface area (Å²) in [6.45, 7) is 0. The van der Waals surface area contributed by atoms with Crippen molar-refractivity contribution in [2.45, 2.75) is 0 Å². The number of hydrogen-bond acceptors (Lipinski definition) is 2. The molecule has 0 heterocycles. The first-order valence-corrected chi connectivity index (χ1v) is 8.43. The van der Waals surface area contributed by atoms with E-state index < -0.39 is 17.5 Å². The summed E-state index contributed by atoms with van der Waals surface area (Å²) in [5, 5.41) is 5.32. The van der Waals surface area contributed by atoms with E-state index in [4.69, 9.17) is 0 Å². The molecule has 3 rings (SSSR count). The zero-order chi connectivity index (χ0) is 19.9. The summed E-state index contributed by atoms with van der Waals surface area (Å²) in [5.74, 6) is -2.45. The SMILES string of the molecule is O=C(C=Cc1c(F)cccc1F)Nc1ccccc1NC(=O)c1ccccc1. The van der Waals surface area contributed by atoms with Crippen LogP contribution in [0.4, 0.5) is 20.2 Å². The van der Waals surface area contributed by atoms with Gasteiger partial charge in [-0.15, -0.1) is 0 Å². The van der Waals surface area contributed by atoms with Gasteiger partial charge in [-0.25, -0.2) is 8.78 Å². The zero-order valence-corrected chi connectivity index (χ0v) is 14.7. The second kappa shape index (κ2) is 8.73. The topological polar surface area (TPSA) is 58.2 Å². The van der Waals surface area contributed by atoms with Crippen molar-refractivity contribution in [1.29, 1.82) is 0 Å². The molecule has 0 bridgehead atoms. The minimum Gasteiger partial charge on any atom is -0.321 e. The fourth-order valence-corrected chi connectivity index (χ4v) is 2.49. The van der Waals surface area contributed by atoms with Crippen LogP contribution in [0.1, 0.15) is 15.9 Å². The monoisotopic (exact) mass is 378 g/mol. The molecule has 0 atom stereocenters. The van der Waals surface area contributed by atoms with Crippen molar-refractivity contribution in [3.63, 3.8) is 0 Å². The highest BCUT2D eigenvalue weighted by atomic mass is 19.1. The number of benzene rings is 3. The molecule has 0 saturated heterocycles. The quantitative estimate of drug-likeness (QED) is 0.623. The standard InChI is InChI=1S/C22H16F2N2O2/c23-17-9-6-10-18(24)16(17)13-14-21(27)25-19-11-4-5-12-20(19)26-22(28)15-7-2-1-3-8-15/h1-14H,(H,25,27)(H,26,28). The van der Waals surface area contributed by atoms with Crippen LogP contribution in [-0.2, 0) is 4.79 Å². The Labute approximate surface area is 160 Å². The van der Waals surface area contributed by atoms with Crippen molar-refractivity contribution >= 4 is 29.3 Å². The smallest absolute Gasteiger partial charge is 0.255 e. The lowest BCUT2D eigenvalue weighted by Gasteiger charge is -2.11. The number of anilines is 2. The van der Waals surface area contributed by atoms with Gasteiger partial charge in [0, 0.05) is 17.2 Å². The Hall–Kier alpha value is -3.80. The van der Waals surface area contributed by atoms with Crippen molar-refractivity contribution < 1.29 is 18.4 Å². The van der Waals surface area contributed by atoms with Gasteiger partial charge in [-0.1, -0.05) is 36.4 Å². The summed E-state index contributed by atoms with van der Waals surface area (Å²) in [4.78, 5) is 24.5. The molecule has 0 aliphatic heterocycles. The Balaban J connectivity index is 1.73. The predicted molar refractivity (Wildman–Crippen MR) is 105 cm³/mol. The molecule has 3 aromatic rings. The van der Waals surface area contributed by atoms with E-state index in [1.807, 2.05) is 0 Å². The number of hydrogen-bond donors (Lipinski definition) is 2. The summed E-state index contributed by atoms with van der Waals surface area (Å²) in [6, 6.07) is 18.7. The Morgan fingerprint density at radius 1 is 0.714 bits per heavy atom. The molecule has 2 amide bonds. The lowest BCUT2D eigenvalue weighted by Crippen LogP contribution is -2.15. The Bertz CT molecular complexity index is 1010. The molecule has 6 heteroatoms. The average Bonchev–Trinajstić information content (AvgIpc) is 2.70. The van der Waals surface area contributed by atoms with E-state index in [-0.39, 0.29) is 11.5 Å². The first kappa shape index (κ1) is 19.0. The second-order valence-electron chi connectivity index (χ2n) is 5.82. The van der Waals surface area contributed by atoms with Crippen molar-refractivity contribution in [3.05, 3.63) is 102 Å². The van der Waals surface area contributed by atoms with E-state index >= 15 is 0 Å². The van der Waals surface area contributed by atoms with Crippen LogP contribution in [-0.4, -0.2) is 11.8 Å². The van der Waals surface area contributed by atoms with Gasteiger partial charge >= 0.3 is 0 Å². The van der Waals surface area contributed by atoms with E-state index in [1.54, 1.807) is 54.6 Å². The Morgan fingerprint density at radius 2 is 1.29 bits per heavy atom. The van der Waals surface area contributed by atoms with Crippen LogP contribution < -0.4 is 10.6 Å². The fraction of sp³-hybridized carbons (Fsp3) is 0. The average molecular weight is 378 g/mol. The molecule has 0 aliphatic rings. The molecule has 140 valence electrons. The van der Waals surface area contributed by atoms with E-state index in [1.165, 1.54) is 6.07 Å². The highest BCUT2D eigenvalue weighted by Gasteiger charge is 2.10. The summed E-state index contributed by atoms with van der Waals surface area (Å²) >= 11 is 0. The molecule has 3 aromatic carbocycles.